The zero-order valence-electron chi connectivity index (χ0n) is 15.9. The van der Waals surface area contributed by atoms with Gasteiger partial charge >= 0.3 is 6.03 Å². The molecule has 0 radical (unpaired) electrons. The van der Waals surface area contributed by atoms with Crippen LogP contribution in [0.2, 0.25) is 0 Å². The lowest BCUT2D eigenvalue weighted by atomic mass is 10.0. The summed E-state index contributed by atoms with van der Waals surface area (Å²) in [5.74, 6) is 1.27. The molecule has 0 unspecified atom stereocenters. The van der Waals surface area contributed by atoms with Gasteiger partial charge in [-0.05, 0) is 37.6 Å². The number of fused-ring (bicyclic) bond motifs is 1. The van der Waals surface area contributed by atoms with Crippen LogP contribution in [0.1, 0.15) is 37.2 Å². The molecule has 2 heterocycles. The van der Waals surface area contributed by atoms with Crippen LogP contribution in [0, 0.1) is 6.92 Å². The van der Waals surface area contributed by atoms with Gasteiger partial charge in [0.1, 0.15) is 11.5 Å². The van der Waals surface area contributed by atoms with Gasteiger partial charge < -0.3 is 24.3 Å². The van der Waals surface area contributed by atoms with Crippen LogP contribution in [0.25, 0.3) is 0 Å². The molecule has 1 aromatic heterocycles. The van der Waals surface area contributed by atoms with Crippen molar-refractivity contribution in [2.24, 2.45) is 0 Å². The number of rotatable bonds is 5. The topological polar surface area (TPSA) is 55.7 Å². The number of carbonyl (C=O) groups excluding carboxylic acids is 1. The molecule has 0 spiro atoms. The highest BCUT2D eigenvalue weighted by Crippen LogP contribution is 2.33. The summed E-state index contributed by atoms with van der Waals surface area (Å²) < 4.78 is 12.9. The van der Waals surface area contributed by atoms with E-state index in [1.165, 1.54) is 11.4 Å². The average molecular weight is 357 g/mol. The highest BCUT2D eigenvalue weighted by Gasteiger charge is 2.31. The van der Waals surface area contributed by atoms with Gasteiger partial charge in [-0.15, -0.1) is 0 Å². The van der Waals surface area contributed by atoms with Crippen molar-refractivity contribution in [2.45, 2.75) is 39.3 Å². The minimum atomic E-state index is -0.1000. The third-order valence-electron chi connectivity index (χ3n) is 4.99. The van der Waals surface area contributed by atoms with Crippen molar-refractivity contribution in [2.75, 3.05) is 26.1 Å². The number of nitrogens with zero attached hydrogens (tertiary/aromatic N) is 2. The van der Waals surface area contributed by atoms with Gasteiger partial charge in [0.05, 0.1) is 25.9 Å². The van der Waals surface area contributed by atoms with Crippen molar-refractivity contribution in [3.05, 3.63) is 41.7 Å². The van der Waals surface area contributed by atoms with Crippen LogP contribution in [0.4, 0.5) is 10.5 Å². The second kappa shape index (κ2) is 7.72. The van der Waals surface area contributed by atoms with Crippen LogP contribution in [0.3, 0.4) is 0 Å². The molecule has 1 N–H and O–H groups in total. The maximum absolute atomic E-state index is 13.0. The van der Waals surface area contributed by atoms with Gasteiger partial charge in [0.15, 0.2) is 0 Å². The maximum atomic E-state index is 13.0. The molecular weight excluding hydrogens is 330 g/mol. The number of methoxy groups -OCH3 is 2. The van der Waals surface area contributed by atoms with Crippen molar-refractivity contribution < 1.29 is 14.3 Å². The molecule has 140 valence electrons. The Hall–Kier alpha value is -2.63. The van der Waals surface area contributed by atoms with Crippen molar-refractivity contribution in [3.63, 3.8) is 0 Å². The Kier molecular flexibility index (Phi) is 5.40. The Morgan fingerprint density at radius 3 is 2.69 bits per heavy atom. The van der Waals surface area contributed by atoms with Gasteiger partial charge in [0.2, 0.25) is 0 Å². The summed E-state index contributed by atoms with van der Waals surface area (Å²) in [6, 6.07) is 9.65. The molecule has 0 aliphatic carbocycles. The first-order valence-electron chi connectivity index (χ1n) is 9.04. The van der Waals surface area contributed by atoms with Crippen molar-refractivity contribution in [1.29, 1.82) is 0 Å². The summed E-state index contributed by atoms with van der Waals surface area (Å²) in [5, 5.41) is 3.01. The Labute approximate surface area is 154 Å². The van der Waals surface area contributed by atoms with E-state index < -0.39 is 0 Å². The Bertz CT molecular complexity index is 785. The van der Waals surface area contributed by atoms with Gasteiger partial charge in [-0.1, -0.05) is 13.3 Å². The van der Waals surface area contributed by atoms with E-state index in [-0.39, 0.29) is 12.1 Å². The van der Waals surface area contributed by atoms with Crippen LogP contribution in [-0.2, 0) is 6.54 Å². The quantitative estimate of drug-likeness (QED) is 0.872. The number of anilines is 1. The lowest BCUT2D eigenvalue weighted by Crippen LogP contribution is -2.44. The van der Waals surface area contributed by atoms with Crippen molar-refractivity contribution in [1.82, 2.24) is 9.47 Å². The van der Waals surface area contributed by atoms with E-state index in [1.54, 1.807) is 26.4 Å². The van der Waals surface area contributed by atoms with Crippen LogP contribution < -0.4 is 14.8 Å². The normalized spacial score (nSPS) is 16.2. The first kappa shape index (κ1) is 18.2. The van der Waals surface area contributed by atoms with Crippen LogP contribution in [-0.4, -0.2) is 36.3 Å². The van der Waals surface area contributed by atoms with E-state index in [9.17, 15) is 4.79 Å². The van der Waals surface area contributed by atoms with Crippen LogP contribution >= 0.6 is 0 Å². The van der Waals surface area contributed by atoms with Gasteiger partial charge in [-0.2, -0.15) is 0 Å². The van der Waals surface area contributed by atoms with E-state index >= 15 is 0 Å². The molecule has 0 saturated carbocycles. The number of benzene rings is 1. The number of aromatic nitrogens is 1. The predicted octanol–water partition coefficient (Wildman–Crippen LogP) is 4.20. The van der Waals surface area contributed by atoms with E-state index in [0.717, 1.165) is 19.4 Å². The third-order valence-corrected chi connectivity index (χ3v) is 4.99. The molecule has 6 nitrogen and oxygen atoms in total. The maximum Gasteiger partial charge on any atom is 0.322 e. The summed E-state index contributed by atoms with van der Waals surface area (Å²) in [6.45, 7) is 5.78. The van der Waals surface area contributed by atoms with Gasteiger partial charge in [0.25, 0.3) is 0 Å². The lowest BCUT2D eigenvalue weighted by molar-refractivity contribution is 0.162. The summed E-state index contributed by atoms with van der Waals surface area (Å²) >= 11 is 0. The number of hydrogen-bond donors (Lipinski definition) is 1. The molecule has 0 fully saturated rings. The Morgan fingerprint density at radius 1 is 1.19 bits per heavy atom. The molecule has 1 aliphatic heterocycles. The second-order valence-electron chi connectivity index (χ2n) is 6.55. The first-order valence-corrected chi connectivity index (χ1v) is 9.04. The predicted molar refractivity (Wildman–Crippen MR) is 102 cm³/mol. The number of hydrogen-bond acceptors (Lipinski definition) is 3. The number of nitrogens with one attached hydrogen (secondary N) is 1. The minimum absolute atomic E-state index is 0.0895. The molecule has 2 aromatic rings. The van der Waals surface area contributed by atoms with Crippen LogP contribution in [0.5, 0.6) is 11.5 Å². The zero-order valence-corrected chi connectivity index (χ0v) is 15.9. The highest BCUT2D eigenvalue weighted by molar-refractivity contribution is 5.91. The van der Waals surface area contributed by atoms with Crippen molar-refractivity contribution in [3.8, 4) is 11.5 Å². The fourth-order valence-electron chi connectivity index (χ4n) is 3.62. The lowest BCUT2D eigenvalue weighted by Gasteiger charge is -2.37. The fraction of sp³-hybridized carbons (Fsp3) is 0.450. The van der Waals surface area contributed by atoms with E-state index in [2.05, 4.69) is 35.9 Å². The van der Waals surface area contributed by atoms with E-state index in [1.807, 2.05) is 11.0 Å². The number of ether oxygens (including phenoxy) is 2. The fourth-order valence-corrected chi connectivity index (χ4v) is 3.62. The zero-order chi connectivity index (χ0) is 18.7. The Morgan fingerprint density at radius 2 is 2.00 bits per heavy atom. The van der Waals surface area contributed by atoms with Crippen molar-refractivity contribution >= 4 is 11.7 Å². The minimum Gasteiger partial charge on any atom is -0.497 e. The number of amides is 2. The third kappa shape index (κ3) is 3.36. The van der Waals surface area contributed by atoms with Gasteiger partial charge in [0, 0.05) is 30.5 Å². The van der Waals surface area contributed by atoms with Gasteiger partial charge in [-0.25, -0.2) is 4.79 Å². The molecule has 0 bridgehead atoms. The second-order valence-corrected chi connectivity index (χ2v) is 6.55. The average Bonchev–Trinajstić information content (AvgIpc) is 3.04. The summed E-state index contributed by atoms with van der Waals surface area (Å²) in [5.41, 5.74) is 3.11. The summed E-state index contributed by atoms with van der Waals surface area (Å²) in [7, 11) is 3.19. The molecule has 1 aliphatic rings. The molecule has 2 amide bonds. The molecule has 6 heteroatoms. The first-order chi connectivity index (χ1) is 12.6. The van der Waals surface area contributed by atoms with E-state index in [0.29, 0.717) is 23.7 Å². The monoisotopic (exact) mass is 357 g/mol. The Balaban J connectivity index is 1.83. The summed E-state index contributed by atoms with van der Waals surface area (Å²) in [6.07, 6.45) is 1.96. The largest absolute Gasteiger partial charge is 0.497 e. The molecule has 3 rings (SSSR count). The molecule has 1 atom stereocenters. The molecule has 26 heavy (non-hydrogen) atoms. The molecule has 0 saturated heterocycles. The smallest absolute Gasteiger partial charge is 0.322 e. The van der Waals surface area contributed by atoms with Crippen LogP contribution in [0.15, 0.2) is 30.3 Å². The SMILES string of the molecule is CCC[C@H]1c2ccc(C)n2CCN1C(=O)Nc1ccc(OC)cc1OC. The molecule has 1 aromatic carbocycles. The standard InChI is InChI=1S/C20H27N3O3/c1-5-6-17-18-10-7-14(2)22(18)11-12-23(17)20(24)21-16-9-8-15(25-3)13-19(16)26-4/h7-10,13,17H,5-6,11-12H2,1-4H3,(H,21,24)/t17-/m0/s1. The van der Waals surface area contributed by atoms with Gasteiger partial charge in [-0.3, -0.25) is 0 Å². The van der Waals surface area contributed by atoms with E-state index in [4.69, 9.17) is 9.47 Å². The number of aryl methyl sites for hydroxylation is 1. The summed E-state index contributed by atoms with van der Waals surface area (Å²) in [4.78, 5) is 14.9. The number of urea groups is 1. The number of carbonyl (C=O) groups is 1. The molecular formula is C20H27N3O3. The highest BCUT2D eigenvalue weighted by atomic mass is 16.5.